The molecule has 0 bridgehead atoms. The molecule has 4 heteroatoms. The number of pyridine rings is 1. The molecule has 1 aliphatic rings. The standard InChI is InChI=1S/C19H18FNO2/c1-12-9-17(22)11-19(23)21(12)13(2)16-8-7-15(18(20)10-16)6-5-14-3-4-14/h7-11,13-14,22H,3-4H2,1-2H3/t13-/m1/s1. The van der Waals surface area contributed by atoms with Crippen LogP contribution in [-0.4, -0.2) is 9.67 Å². The number of aryl methyl sites for hydroxylation is 1. The molecule has 2 aromatic rings. The minimum atomic E-state index is -0.369. The molecular weight excluding hydrogens is 293 g/mol. The first-order chi connectivity index (χ1) is 11.0. The van der Waals surface area contributed by atoms with Gasteiger partial charge in [-0.2, -0.15) is 0 Å². The second kappa shape index (κ2) is 5.92. The van der Waals surface area contributed by atoms with Crippen LogP contribution >= 0.6 is 0 Å². The van der Waals surface area contributed by atoms with Gasteiger partial charge >= 0.3 is 0 Å². The summed E-state index contributed by atoms with van der Waals surface area (Å²) in [5.41, 5.74) is 1.39. The molecule has 1 atom stereocenters. The largest absolute Gasteiger partial charge is 0.508 e. The lowest BCUT2D eigenvalue weighted by Crippen LogP contribution is -2.25. The lowest BCUT2D eigenvalue weighted by atomic mass is 10.0. The second-order valence-corrected chi connectivity index (χ2v) is 6.02. The summed E-state index contributed by atoms with van der Waals surface area (Å²) in [6.07, 6.45) is 2.21. The van der Waals surface area contributed by atoms with E-state index in [-0.39, 0.29) is 23.2 Å². The molecule has 0 radical (unpaired) electrons. The Labute approximate surface area is 134 Å². The van der Waals surface area contributed by atoms with Crippen LogP contribution in [0.4, 0.5) is 4.39 Å². The van der Waals surface area contributed by atoms with Gasteiger partial charge in [-0.3, -0.25) is 4.79 Å². The van der Waals surface area contributed by atoms with Gasteiger partial charge in [0.1, 0.15) is 11.6 Å². The van der Waals surface area contributed by atoms with Crippen molar-refractivity contribution in [1.29, 1.82) is 0 Å². The third-order valence-corrected chi connectivity index (χ3v) is 4.10. The SMILES string of the molecule is Cc1cc(O)cc(=O)n1[C@H](C)c1ccc(C#CC2CC2)c(F)c1. The van der Waals surface area contributed by atoms with E-state index in [0.717, 1.165) is 18.9 Å². The molecular formula is C19H18FNO2. The predicted molar refractivity (Wildman–Crippen MR) is 86.9 cm³/mol. The molecule has 3 nitrogen and oxygen atoms in total. The third kappa shape index (κ3) is 3.29. The first-order valence-electron chi connectivity index (χ1n) is 7.69. The van der Waals surface area contributed by atoms with Crippen LogP contribution in [0.3, 0.4) is 0 Å². The van der Waals surface area contributed by atoms with Crippen molar-refractivity contribution in [3.8, 4) is 17.6 Å². The Morgan fingerprint density at radius 2 is 2.04 bits per heavy atom. The van der Waals surface area contributed by atoms with Gasteiger partial charge < -0.3 is 9.67 Å². The van der Waals surface area contributed by atoms with Crippen molar-refractivity contribution < 1.29 is 9.50 Å². The Morgan fingerprint density at radius 3 is 2.65 bits per heavy atom. The maximum Gasteiger partial charge on any atom is 0.254 e. The van der Waals surface area contributed by atoms with Crippen molar-refractivity contribution >= 4 is 0 Å². The fourth-order valence-corrected chi connectivity index (χ4v) is 2.64. The van der Waals surface area contributed by atoms with Gasteiger partial charge in [-0.15, -0.1) is 0 Å². The Bertz CT molecular complexity index is 869. The number of benzene rings is 1. The van der Waals surface area contributed by atoms with E-state index >= 15 is 0 Å². The second-order valence-electron chi connectivity index (χ2n) is 6.02. The summed E-state index contributed by atoms with van der Waals surface area (Å²) >= 11 is 0. The van der Waals surface area contributed by atoms with Crippen LogP contribution in [0.25, 0.3) is 0 Å². The van der Waals surface area contributed by atoms with Crippen molar-refractivity contribution in [2.45, 2.75) is 32.7 Å². The topological polar surface area (TPSA) is 42.2 Å². The van der Waals surface area contributed by atoms with E-state index in [2.05, 4.69) is 11.8 Å². The van der Waals surface area contributed by atoms with E-state index in [4.69, 9.17) is 0 Å². The summed E-state index contributed by atoms with van der Waals surface area (Å²) in [7, 11) is 0. The highest BCUT2D eigenvalue weighted by molar-refractivity contribution is 5.39. The van der Waals surface area contributed by atoms with Gasteiger partial charge in [0.15, 0.2) is 0 Å². The number of rotatable bonds is 2. The molecule has 0 amide bonds. The van der Waals surface area contributed by atoms with Crippen LogP contribution in [0.15, 0.2) is 35.1 Å². The van der Waals surface area contributed by atoms with E-state index in [0.29, 0.717) is 22.7 Å². The summed E-state index contributed by atoms with van der Waals surface area (Å²) in [6, 6.07) is 7.24. The Morgan fingerprint density at radius 1 is 1.30 bits per heavy atom. The number of aromatic hydroxyl groups is 1. The molecule has 1 N–H and O–H groups in total. The van der Waals surface area contributed by atoms with Crippen molar-refractivity contribution in [1.82, 2.24) is 4.57 Å². The highest BCUT2D eigenvalue weighted by Gasteiger charge is 2.18. The number of aromatic nitrogens is 1. The molecule has 1 saturated carbocycles. The molecule has 0 aliphatic heterocycles. The molecule has 1 fully saturated rings. The number of hydrogen-bond donors (Lipinski definition) is 1. The lowest BCUT2D eigenvalue weighted by Gasteiger charge is -2.19. The summed E-state index contributed by atoms with van der Waals surface area (Å²) in [6.45, 7) is 3.57. The van der Waals surface area contributed by atoms with Crippen molar-refractivity contribution in [2.24, 2.45) is 5.92 Å². The van der Waals surface area contributed by atoms with Crippen LogP contribution in [0, 0.1) is 30.5 Å². The van der Waals surface area contributed by atoms with Crippen molar-refractivity contribution in [3.05, 3.63) is 63.3 Å². The third-order valence-electron chi connectivity index (χ3n) is 4.10. The number of hydrogen-bond acceptors (Lipinski definition) is 2. The molecule has 118 valence electrons. The van der Waals surface area contributed by atoms with Crippen molar-refractivity contribution in [3.63, 3.8) is 0 Å². The fourth-order valence-electron chi connectivity index (χ4n) is 2.64. The van der Waals surface area contributed by atoms with Crippen LogP contribution < -0.4 is 5.56 Å². The Balaban J connectivity index is 1.94. The molecule has 23 heavy (non-hydrogen) atoms. The number of halogens is 1. The Kier molecular flexibility index (Phi) is 3.96. The zero-order chi connectivity index (χ0) is 16.6. The van der Waals surface area contributed by atoms with E-state index in [1.807, 2.05) is 6.92 Å². The van der Waals surface area contributed by atoms with E-state index < -0.39 is 0 Å². The van der Waals surface area contributed by atoms with Gasteiger partial charge in [0.05, 0.1) is 11.6 Å². The minimum Gasteiger partial charge on any atom is -0.508 e. The van der Waals surface area contributed by atoms with Crippen LogP contribution in [0.5, 0.6) is 5.75 Å². The summed E-state index contributed by atoms with van der Waals surface area (Å²) < 4.78 is 15.8. The molecule has 0 spiro atoms. The number of nitrogens with zero attached hydrogens (tertiary/aromatic N) is 1. The van der Waals surface area contributed by atoms with Gasteiger partial charge in [-0.1, -0.05) is 17.9 Å². The summed E-state index contributed by atoms with van der Waals surface area (Å²) in [5.74, 6) is 5.92. The van der Waals surface area contributed by atoms with Gasteiger partial charge in [0.25, 0.3) is 5.56 Å². The van der Waals surface area contributed by atoms with E-state index in [1.165, 1.54) is 16.7 Å². The monoisotopic (exact) mass is 311 g/mol. The maximum absolute atomic E-state index is 14.2. The molecule has 1 aromatic carbocycles. The van der Waals surface area contributed by atoms with Crippen molar-refractivity contribution in [2.75, 3.05) is 0 Å². The average molecular weight is 311 g/mol. The van der Waals surface area contributed by atoms with Gasteiger partial charge in [0, 0.05) is 17.7 Å². The summed E-state index contributed by atoms with van der Waals surface area (Å²) in [5, 5.41) is 9.47. The van der Waals surface area contributed by atoms with Gasteiger partial charge in [-0.25, -0.2) is 4.39 Å². The highest BCUT2D eigenvalue weighted by atomic mass is 19.1. The molecule has 3 rings (SSSR count). The van der Waals surface area contributed by atoms with Crippen LogP contribution in [0.1, 0.15) is 42.6 Å². The predicted octanol–water partition coefficient (Wildman–Crippen LogP) is 3.37. The lowest BCUT2D eigenvalue weighted by molar-refractivity contribution is 0.467. The summed E-state index contributed by atoms with van der Waals surface area (Å²) in [4.78, 5) is 12.1. The zero-order valence-corrected chi connectivity index (χ0v) is 13.1. The minimum absolute atomic E-state index is 0.0622. The van der Waals surface area contributed by atoms with E-state index in [1.54, 1.807) is 19.1 Å². The van der Waals surface area contributed by atoms with Gasteiger partial charge in [-0.05, 0) is 50.5 Å². The molecule has 0 unspecified atom stereocenters. The van der Waals surface area contributed by atoms with Crippen LogP contribution in [-0.2, 0) is 0 Å². The first-order valence-corrected chi connectivity index (χ1v) is 7.69. The molecule has 1 aliphatic carbocycles. The maximum atomic E-state index is 14.2. The molecule has 1 heterocycles. The smallest absolute Gasteiger partial charge is 0.254 e. The van der Waals surface area contributed by atoms with Gasteiger partial charge in [0.2, 0.25) is 0 Å². The quantitative estimate of drug-likeness (QED) is 0.864. The van der Waals surface area contributed by atoms with Crippen LogP contribution in [0.2, 0.25) is 0 Å². The normalized spacial score (nSPS) is 14.9. The van der Waals surface area contributed by atoms with E-state index in [9.17, 15) is 14.3 Å². The average Bonchev–Trinajstić information content (AvgIpc) is 3.29. The Hall–Kier alpha value is -2.54. The molecule has 0 saturated heterocycles. The molecule has 1 aromatic heterocycles. The first kappa shape index (κ1) is 15.4. The fraction of sp³-hybridized carbons (Fsp3) is 0.316. The highest BCUT2D eigenvalue weighted by Crippen LogP contribution is 2.28. The zero-order valence-electron chi connectivity index (χ0n) is 13.1.